The monoisotopic (exact) mass is 274 g/mol. The third-order valence-electron chi connectivity index (χ3n) is 2.62. The Morgan fingerprint density at radius 1 is 1.28 bits per heavy atom. The fourth-order valence-corrected chi connectivity index (χ4v) is 2.61. The summed E-state index contributed by atoms with van der Waals surface area (Å²) in [7, 11) is 0. The first-order chi connectivity index (χ1) is 8.84. The Hall–Kier alpha value is -1.79. The average Bonchev–Trinajstić information content (AvgIpc) is 3.03. The largest absolute Gasteiger partial charge is 0.296 e. The van der Waals surface area contributed by atoms with Crippen molar-refractivity contribution in [1.82, 2.24) is 19.7 Å². The van der Waals surface area contributed by atoms with Crippen LogP contribution < -0.4 is 0 Å². The van der Waals surface area contributed by atoms with Gasteiger partial charge in [-0.05, 0) is 46.7 Å². The third-order valence-corrected chi connectivity index (χ3v) is 3.66. The van der Waals surface area contributed by atoms with E-state index in [2.05, 4.69) is 32.0 Å². The van der Waals surface area contributed by atoms with Crippen LogP contribution in [0.3, 0.4) is 0 Å². The van der Waals surface area contributed by atoms with Crippen LogP contribution in [0.5, 0.6) is 0 Å². The lowest BCUT2D eigenvalue weighted by Gasteiger charge is -2.05. The Morgan fingerprint density at radius 2 is 2.11 bits per heavy atom. The van der Waals surface area contributed by atoms with Crippen molar-refractivity contribution in [2.45, 2.75) is 6.54 Å². The van der Waals surface area contributed by atoms with Crippen molar-refractivity contribution < 1.29 is 0 Å². The van der Waals surface area contributed by atoms with Gasteiger partial charge in [-0.1, -0.05) is 0 Å². The van der Waals surface area contributed by atoms with Crippen molar-refractivity contribution in [2.75, 3.05) is 0 Å². The third kappa shape index (κ3) is 2.12. The van der Waals surface area contributed by atoms with Gasteiger partial charge in [-0.3, -0.25) is 14.6 Å². The highest BCUT2D eigenvalue weighted by atomic mass is 32.1. The lowest BCUT2D eigenvalue weighted by molar-refractivity contribution is 0.793. The zero-order valence-corrected chi connectivity index (χ0v) is 11.0. The molecule has 0 unspecified atom stereocenters. The summed E-state index contributed by atoms with van der Waals surface area (Å²) in [6.07, 6.45) is 3.50. The number of aromatic amines is 1. The minimum Gasteiger partial charge on any atom is -0.296 e. The Balaban J connectivity index is 2.04. The minimum atomic E-state index is 0.632. The zero-order valence-electron chi connectivity index (χ0n) is 9.41. The first-order valence-electron chi connectivity index (χ1n) is 5.41. The molecule has 0 saturated heterocycles. The first-order valence-corrected chi connectivity index (χ1v) is 6.76. The van der Waals surface area contributed by atoms with Gasteiger partial charge in [-0.15, -0.1) is 0 Å². The van der Waals surface area contributed by atoms with Crippen LogP contribution in [-0.4, -0.2) is 19.7 Å². The second kappa shape index (κ2) is 4.83. The summed E-state index contributed by atoms with van der Waals surface area (Å²) < 4.78 is 2.63. The molecule has 0 aliphatic heterocycles. The van der Waals surface area contributed by atoms with Gasteiger partial charge in [0.05, 0.1) is 6.54 Å². The first kappa shape index (κ1) is 11.3. The minimum absolute atomic E-state index is 0.632. The van der Waals surface area contributed by atoms with Gasteiger partial charge in [0, 0.05) is 18.0 Å². The van der Waals surface area contributed by atoms with Crippen LogP contribution in [0.4, 0.5) is 0 Å². The van der Waals surface area contributed by atoms with E-state index in [0.29, 0.717) is 4.77 Å². The number of hydrogen-bond acceptors (Lipinski definition) is 4. The molecule has 0 amide bonds. The molecule has 3 rings (SSSR count). The van der Waals surface area contributed by atoms with Gasteiger partial charge in [-0.25, -0.2) is 0 Å². The summed E-state index contributed by atoms with van der Waals surface area (Å²) >= 11 is 6.96. The van der Waals surface area contributed by atoms with Crippen molar-refractivity contribution in [3.63, 3.8) is 0 Å². The molecule has 4 nitrogen and oxygen atoms in total. The number of H-pyrrole nitrogens is 1. The number of aromatic nitrogens is 4. The maximum absolute atomic E-state index is 5.28. The van der Waals surface area contributed by atoms with Gasteiger partial charge in [0.25, 0.3) is 0 Å². The van der Waals surface area contributed by atoms with E-state index in [0.717, 1.165) is 17.9 Å². The Labute approximate surface area is 113 Å². The van der Waals surface area contributed by atoms with Crippen molar-refractivity contribution in [2.24, 2.45) is 0 Å². The van der Waals surface area contributed by atoms with Crippen molar-refractivity contribution >= 4 is 23.6 Å². The quantitative estimate of drug-likeness (QED) is 0.746. The van der Waals surface area contributed by atoms with Gasteiger partial charge >= 0.3 is 0 Å². The molecule has 0 bridgehead atoms. The molecule has 3 aromatic rings. The maximum Gasteiger partial charge on any atom is 0.195 e. The van der Waals surface area contributed by atoms with Crippen LogP contribution >= 0.6 is 23.6 Å². The van der Waals surface area contributed by atoms with Crippen molar-refractivity contribution in [3.05, 3.63) is 51.7 Å². The summed E-state index contributed by atoms with van der Waals surface area (Å²) in [4.78, 5) is 4.01. The number of nitrogens with one attached hydrogen (secondary N) is 1. The number of thiophene rings is 1. The van der Waals surface area contributed by atoms with Crippen LogP contribution in [0.1, 0.15) is 5.56 Å². The van der Waals surface area contributed by atoms with E-state index in [9.17, 15) is 0 Å². The van der Waals surface area contributed by atoms with E-state index < -0.39 is 0 Å². The fourth-order valence-electron chi connectivity index (χ4n) is 1.75. The van der Waals surface area contributed by atoms with Gasteiger partial charge in [0.2, 0.25) is 0 Å². The van der Waals surface area contributed by atoms with Crippen molar-refractivity contribution in [1.29, 1.82) is 0 Å². The van der Waals surface area contributed by atoms with Gasteiger partial charge < -0.3 is 0 Å². The maximum atomic E-state index is 5.28. The second-order valence-corrected chi connectivity index (χ2v) is 4.97. The second-order valence-electron chi connectivity index (χ2n) is 3.81. The molecular weight excluding hydrogens is 264 g/mol. The van der Waals surface area contributed by atoms with E-state index in [1.165, 1.54) is 5.56 Å². The number of rotatable bonds is 3. The van der Waals surface area contributed by atoms with Crippen LogP contribution in [0, 0.1) is 4.77 Å². The molecule has 0 aromatic carbocycles. The van der Waals surface area contributed by atoms with E-state index in [4.69, 9.17) is 12.2 Å². The van der Waals surface area contributed by atoms with Crippen LogP contribution in [0.15, 0.2) is 41.4 Å². The molecule has 3 heterocycles. The molecule has 18 heavy (non-hydrogen) atoms. The molecule has 0 aliphatic carbocycles. The molecule has 3 aromatic heterocycles. The predicted octanol–water partition coefficient (Wildman–Crippen LogP) is 3.11. The van der Waals surface area contributed by atoms with E-state index in [1.54, 1.807) is 23.7 Å². The average molecular weight is 274 g/mol. The molecule has 0 saturated carbocycles. The zero-order chi connectivity index (χ0) is 12.4. The molecule has 0 radical (unpaired) electrons. The van der Waals surface area contributed by atoms with E-state index >= 15 is 0 Å². The highest BCUT2D eigenvalue weighted by molar-refractivity contribution is 7.71. The molecule has 6 heteroatoms. The number of hydrogen-bond donors (Lipinski definition) is 1. The SMILES string of the molecule is S=c1[nH]nc(-c2ccncc2)n1Cc1ccsc1. The predicted molar refractivity (Wildman–Crippen MR) is 74.1 cm³/mol. The topological polar surface area (TPSA) is 46.5 Å². The van der Waals surface area contributed by atoms with Gasteiger partial charge in [0.1, 0.15) is 0 Å². The fraction of sp³-hybridized carbons (Fsp3) is 0.0833. The number of pyridine rings is 1. The summed E-state index contributed by atoms with van der Waals surface area (Å²) in [5.74, 6) is 0.841. The summed E-state index contributed by atoms with van der Waals surface area (Å²) in [6.45, 7) is 0.733. The van der Waals surface area contributed by atoms with E-state index in [-0.39, 0.29) is 0 Å². The van der Waals surface area contributed by atoms with Crippen LogP contribution in [-0.2, 0) is 6.54 Å². The lowest BCUT2D eigenvalue weighted by Crippen LogP contribution is -2.01. The van der Waals surface area contributed by atoms with Gasteiger partial charge in [0.15, 0.2) is 10.6 Å². The normalized spacial score (nSPS) is 10.7. The molecular formula is C12H10N4S2. The lowest BCUT2D eigenvalue weighted by atomic mass is 10.2. The Morgan fingerprint density at radius 3 is 2.83 bits per heavy atom. The van der Waals surface area contributed by atoms with Crippen LogP contribution in [0.2, 0.25) is 0 Å². The highest BCUT2D eigenvalue weighted by Gasteiger charge is 2.09. The van der Waals surface area contributed by atoms with Gasteiger partial charge in [-0.2, -0.15) is 16.4 Å². The molecule has 0 spiro atoms. The highest BCUT2D eigenvalue weighted by Crippen LogP contribution is 2.18. The summed E-state index contributed by atoms with van der Waals surface area (Å²) in [5.41, 5.74) is 2.24. The Kier molecular flexibility index (Phi) is 3.04. The smallest absolute Gasteiger partial charge is 0.195 e. The molecule has 0 fully saturated rings. The number of nitrogens with zero attached hydrogens (tertiary/aromatic N) is 3. The molecule has 0 aliphatic rings. The standard InChI is InChI=1S/C12H10N4S2/c17-12-15-14-11(10-1-4-13-5-2-10)16(12)7-9-3-6-18-8-9/h1-6,8H,7H2,(H,15,17). The summed E-state index contributed by atoms with van der Waals surface area (Å²) in [5, 5.41) is 11.3. The Bertz CT molecular complexity index is 682. The van der Waals surface area contributed by atoms with Crippen LogP contribution in [0.25, 0.3) is 11.4 Å². The summed E-state index contributed by atoms with van der Waals surface area (Å²) in [6, 6.07) is 5.94. The van der Waals surface area contributed by atoms with E-state index in [1.807, 2.05) is 16.7 Å². The molecule has 90 valence electrons. The molecule has 0 atom stereocenters. The molecule has 1 N–H and O–H groups in total. The van der Waals surface area contributed by atoms with Crippen molar-refractivity contribution in [3.8, 4) is 11.4 Å².